The van der Waals surface area contributed by atoms with Crippen molar-refractivity contribution >= 4 is 17.0 Å². The Balaban J connectivity index is 2.00. The summed E-state index contributed by atoms with van der Waals surface area (Å²) >= 11 is 1.57. The quantitative estimate of drug-likeness (QED) is 0.849. The molecule has 0 bridgehead atoms. The smallest absolute Gasteiger partial charge is 0.125 e. The maximum atomic E-state index is 13.1. The van der Waals surface area contributed by atoms with Gasteiger partial charge in [0.25, 0.3) is 0 Å². The largest absolute Gasteiger partial charge is 0.399 e. The normalized spacial score (nSPS) is 11.0. The maximum Gasteiger partial charge on any atom is 0.125 e. The lowest BCUT2D eigenvalue weighted by Gasteiger charge is -2.15. The molecular formula is C12H14FN3S. The lowest BCUT2D eigenvalue weighted by Crippen LogP contribution is -2.17. The molecule has 0 radical (unpaired) electrons. The lowest BCUT2D eigenvalue weighted by molar-refractivity contribution is 0.315. The number of thiazole rings is 1. The molecule has 2 aromatic rings. The summed E-state index contributed by atoms with van der Waals surface area (Å²) in [4.78, 5) is 6.28. The van der Waals surface area contributed by atoms with Gasteiger partial charge in [-0.25, -0.2) is 9.37 Å². The molecule has 5 heteroatoms. The molecule has 2 N–H and O–H groups in total. The van der Waals surface area contributed by atoms with Gasteiger partial charge in [-0.1, -0.05) is 0 Å². The highest BCUT2D eigenvalue weighted by Crippen LogP contribution is 2.13. The molecule has 0 fully saturated rings. The molecule has 1 aromatic heterocycles. The summed E-state index contributed by atoms with van der Waals surface area (Å²) in [6.45, 7) is 1.40. The first-order chi connectivity index (χ1) is 8.13. The van der Waals surface area contributed by atoms with Gasteiger partial charge in [0.05, 0.1) is 11.2 Å². The fourth-order valence-electron chi connectivity index (χ4n) is 1.73. The zero-order chi connectivity index (χ0) is 12.3. The summed E-state index contributed by atoms with van der Waals surface area (Å²) in [5.74, 6) is -0.290. The van der Waals surface area contributed by atoms with Crippen LogP contribution in [0.4, 0.5) is 10.1 Å². The fourth-order valence-corrected chi connectivity index (χ4v) is 2.28. The van der Waals surface area contributed by atoms with Crippen LogP contribution in [-0.2, 0) is 13.1 Å². The van der Waals surface area contributed by atoms with Gasteiger partial charge in [0.1, 0.15) is 5.82 Å². The Morgan fingerprint density at radius 3 is 2.82 bits per heavy atom. The van der Waals surface area contributed by atoms with Crippen molar-refractivity contribution in [3.8, 4) is 0 Å². The van der Waals surface area contributed by atoms with Gasteiger partial charge in [-0.05, 0) is 30.8 Å². The third kappa shape index (κ3) is 3.51. The van der Waals surface area contributed by atoms with E-state index in [9.17, 15) is 4.39 Å². The van der Waals surface area contributed by atoms with Gasteiger partial charge < -0.3 is 5.73 Å². The van der Waals surface area contributed by atoms with Crippen molar-refractivity contribution in [2.45, 2.75) is 13.1 Å². The van der Waals surface area contributed by atoms with Crippen molar-refractivity contribution in [2.75, 3.05) is 12.8 Å². The van der Waals surface area contributed by atoms with Gasteiger partial charge >= 0.3 is 0 Å². The Bertz CT molecular complexity index is 464. The molecule has 1 aromatic carbocycles. The number of hydrogen-bond donors (Lipinski definition) is 1. The molecule has 0 saturated carbocycles. The zero-order valence-electron chi connectivity index (χ0n) is 9.56. The van der Waals surface area contributed by atoms with Crippen LogP contribution in [0.25, 0.3) is 0 Å². The van der Waals surface area contributed by atoms with Gasteiger partial charge in [0.15, 0.2) is 0 Å². The van der Waals surface area contributed by atoms with Crippen molar-refractivity contribution in [3.63, 3.8) is 0 Å². The number of nitrogen functional groups attached to an aromatic ring is 1. The van der Waals surface area contributed by atoms with Crippen LogP contribution in [0, 0.1) is 5.82 Å². The number of anilines is 1. The van der Waals surface area contributed by atoms with Gasteiger partial charge in [-0.2, -0.15) is 0 Å². The molecule has 0 atom stereocenters. The summed E-state index contributed by atoms with van der Waals surface area (Å²) in [6.07, 6.45) is 0. The molecule has 2 rings (SSSR count). The number of nitrogens with two attached hydrogens (primary N) is 1. The predicted octanol–water partition coefficient (Wildman–Crippen LogP) is 2.50. The number of halogens is 1. The van der Waals surface area contributed by atoms with Crippen molar-refractivity contribution in [3.05, 3.63) is 46.2 Å². The topological polar surface area (TPSA) is 42.1 Å². The van der Waals surface area contributed by atoms with E-state index in [0.717, 1.165) is 17.8 Å². The molecule has 0 aliphatic carbocycles. The molecule has 0 amide bonds. The zero-order valence-corrected chi connectivity index (χ0v) is 10.4. The minimum atomic E-state index is -0.290. The van der Waals surface area contributed by atoms with E-state index in [-0.39, 0.29) is 5.82 Å². The highest BCUT2D eigenvalue weighted by Gasteiger charge is 2.05. The highest BCUT2D eigenvalue weighted by molar-refractivity contribution is 7.07. The number of rotatable bonds is 4. The standard InChI is InChI=1S/C12H14FN3S/c1-16(6-12-7-17-8-15-12)5-9-2-10(13)4-11(14)3-9/h2-4,7-8H,5-6,14H2,1H3. The Morgan fingerprint density at radius 2 is 2.18 bits per heavy atom. The van der Waals surface area contributed by atoms with E-state index < -0.39 is 0 Å². The SMILES string of the molecule is CN(Cc1cc(N)cc(F)c1)Cc1cscn1. The van der Waals surface area contributed by atoms with Crippen LogP contribution in [0.5, 0.6) is 0 Å². The second kappa shape index (κ2) is 5.25. The monoisotopic (exact) mass is 251 g/mol. The molecule has 0 unspecified atom stereocenters. The van der Waals surface area contributed by atoms with Gasteiger partial charge in [0.2, 0.25) is 0 Å². The Hall–Kier alpha value is -1.46. The fraction of sp³-hybridized carbons (Fsp3) is 0.250. The molecule has 0 aliphatic rings. The first kappa shape index (κ1) is 12.0. The Kier molecular flexibility index (Phi) is 3.71. The van der Waals surface area contributed by atoms with Gasteiger partial charge in [0, 0.05) is 24.2 Å². The van der Waals surface area contributed by atoms with E-state index in [4.69, 9.17) is 5.73 Å². The van der Waals surface area contributed by atoms with Crippen molar-refractivity contribution in [1.29, 1.82) is 0 Å². The summed E-state index contributed by atoms with van der Waals surface area (Å²) in [5, 5.41) is 2.01. The number of nitrogens with zero attached hydrogens (tertiary/aromatic N) is 2. The van der Waals surface area contributed by atoms with Crippen LogP contribution in [0.2, 0.25) is 0 Å². The molecule has 3 nitrogen and oxygen atoms in total. The number of hydrogen-bond acceptors (Lipinski definition) is 4. The maximum absolute atomic E-state index is 13.1. The first-order valence-corrected chi connectivity index (χ1v) is 6.18. The van der Waals surface area contributed by atoms with E-state index in [1.807, 2.05) is 17.9 Å². The van der Waals surface area contributed by atoms with E-state index in [0.29, 0.717) is 12.2 Å². The Labute approximate surface area is 104 Å². The van der Waals surface area contributed by atoms with Crippen LogP contribution in [0.1, 0.15) is 11.3 Å². The minimum absolute atomic E-state index is 0.290. The highest BCUT2D eigenvalue weighted by atomic mass is 32.1. The van der Waals surface area contributed by atoms with Crippen LogP contribution in [0.15, 0.2) is 29.1 Å². The molecule has 90 valence electrons. The second-order valence-electron chi connectivity index (χ2n) is 4.04. The number of aromatic nitrogens is 1. The molecule has 17 heavy (non-hydrogen) atoms. The van der Waals surface area contributed by atoms with Crippen LogP contribution in [0.3, 0.4) is 0 Å². The molecule has 0 saturated heterocycles. The third-order valence-electron chi connectivity index (χ3n) is 2.35. The molecule has 1 heterocycles. The summed E-state index contributed by atoms with van der Waals surface area (Å²) in [5.41, 5.74) is 9.78. The average molecular weight is 251 g/mol. The van der Waals surface area contributed by atoms with E-state index in [1.165, 1.54) is 12.1 Å². The van der Waals surface area contributed by atoms with Crippen molar-refractivity contribution in [1.82, 2.24) is 9.88 Å². The van der Waals surface area contributed by atoms with Gasteiger partial charge in [-0.3, -0.25) is 4.90 Å². The van der Waals surface area contributed by atoms with Crippen LogP contribution in [-0.4, -0.2) is 16.9 Å². The van der Waals surface area contributed by atoms with Crippen molar-refractivity contribution < 1.29 is 4.39 Å². The minimum Gasteiger partial charge on any atom is -0.399 e. The third-order valence-corrected chi connectivity index (χ3v) is 2.98. The van der Waals surface area contributed by atoms with E-state index in [2.05, 4.69) is 9.88 Å². The van der Waals surface area contributed by atoms with E-state index >= 15 is 0 Å². The summed E-state index contributed by atoms with van der Waals surface area (Å²) < 4.78 is 13.1. The van der Waals surface area contributed by atoms with E-state index in [1.54, 1.807) is 17.4 Å². The lowest BCUT2D eigenvalue weighted by atomic mass is 10.2. The average Bonchev–Trinajstić information content (AvgIpc) is 2.67. The molecule has 0 aliphatic heterocycles. The van der Waals surface area contributed by atoms with Crippen molar-refractivity contribution in [2.24, 2.45) is 0 Å². The Morgan fingerprint density at radius 1 is 1.35 bits per heavy atom. The summed E-state index contributed by atoms with van der Waals surface area (Å²) in [6, 6.07) is 4.62. The van der Waals surface area contributed by atoms with Gasteiger partial charge in [-0.15, -0.1) is 11.3 Å². The summed E-state index contributed by atoms with van der Waals surface area (Å²) in [7, 11) is 1.97. The first-order valence-electron chi connectivity index (χ1n) is 5.24. The van der Waals surface area contributed by atoms with Crippen LogP contribution < -0.4 is 5.73 Å². The van der Waals surface area contributed by atoms with Crippen LogP contribution >= 0.6 is 11.3 Å². The predicted molar refractivity (Wildman–Crippen MR) is 68.1 cm³/mol. The second-order valence-corrected chi connectivity index (χ2v) is 4.76. The number of benzene rings is 1. The molecule has 0 spiro atoms. The molecular weight excluding hydrogens is 237 g/mol.